The molecule has 7 heteroatoms. The summed E-state index contributed by atoms with van der Waals surface area (Å²) in [5.74, 6) is 1.83. The van der Waals surface area contributed by atoms with Crippen LogP contribution in [0.15, 0.2) is 18.7 Å². The van der Waals surface area contributed by atoms with E-state index < -0.39 is 0 Å². The molecule has 0 aromatic carbocycles. The Morgan fingerprint density at radius 1 is 1.47 bits per heavy atom. The van der Waals surface area contributed by atoms with E-state index in [0.717, 1.165) is 5.82 Å². The summed E-state index contributed by atoms with van der Waals surface area (Å²) in [6.07, 6.45) is 4.74. The molecule has 0 saturated carbocycles. The van der Waals surface area contributed by atoms with Gasteiger partial charge in [-0.3, -0.25) is 4.98 Å². The molecule has 0 unspecified atom stereocenters. The second-order valence-corrected chi connectivity index (χ2v) is 3.04. The molecule has 0 radical (unpaired) electrons. The minimum Gasteiger partial charge on any atom is -0.382 e. The Morgan fingerprint density at radius 2 is 2.33 bits per heavy atom. The van der Waals surface area contributed by atoms with Crippen LogP contribution in [0, 0.1) is 0 Å². The van der Waals surface area contributed by atoms with Gasteiger partial charge in [-0.15, -0.1) is 10.2 Å². The maximum atomic E-state index is 5.49. The molecule has 0 fully saturated rings. The summed E-state index contributed by atoms with van der Waals surface area (Å²) < 4.78 is 1.83. The summed E-state index contributed by atoms with van der Waals surface area (Å²) in [6.45, 7) is 0.536. The minimum atomic E-state index is 0.387. The van der Waals surface area contributed by atoms with Gasteiger partial charge in [0.15, 0.2) is 5.82 Å². The topological polar surface area (TPSA) is 94.5 Å². The normalized spacial score (nSPS) is 10.2. The molecular weight excluding hydrogens is 194 g/mol. The first-order valence-corrected chi connectivity index (χ1v) is 4.40. The van der Waals surface area contributed by atoms with Crippen LogP contribution in [0.4, 0.5) is 11.6 Å². The van der Waals surface area contributed by atoms with E-state index in [0.29, 0.717) is 18.2 Å². The van der Waals surface area contributed by atoms with Crippen molar-refractivity contribution >= 4 is 11.6 Å². The van der Waals surface area contributed by atoms with Gasteiger partial charge >= 0.3 is 0 Å². The van der Waals surface area contributed by atoms with Crippen molar-refractivity contribution in [2.75, 3.05) is 11.1 Å². The number of nitrogens with one attached hydrogen (secondary N) is 1. The van der Waals surface area contributed by atoms with Crippen LogP contribution in [0.5, 0.6) is 0 Å². The van der Waals surface area contributed by atoms with Crippen LogP contribution in [-0.4, -0.2) is 24.7 Å². The van der Waals surface area contributed by atoms with Crippen molar-refractivity contribution in [1.82, 2.24) is 24.7 Å². The van der Waals surface area contributed by atoms with Crippen LogP contribution in [0.1, 0.15) is 5.82 Å². The van der Waals surface area contributed by atoms with Gasteiger partial charge in [0, 0.05) is 7.05 Å². The fourth-order valence-corrected chi connectivity index (χ4v) is 1.10. The number of aryl methyl sites for hydroxylation is 1. The van der Waals surface area contributed by atoms with E-state index in [1.165, 1.54) is 6.20 Å². The number of nitrogens with zero attached hydrogens (tertiary/aromatic N) is 5. The van der Waals surface area contributed by atoms with Gasteiger partial charge in [-0.2, -0.15) is 0 Å². The fraction of sp³-hybridized carbons (Fsp3) is 0.250. The molecule has 15 heavy (non-hydrogen) atoms. The molecule has 7 nitrogen and oxygen atoms in total. The summed E-state index contributed by atoms with van der Waals surface area (Å²) in [5, 5.41) is 10.7. The van der Waals surface area contributed by atoms with Crippen LogP contribution in [0.25, 0.3) is 0 Å². The molecule has 0 aliphatic carbocycles. The van der Waals surface area contributed by atoms with Crippen molar-refractivity contribution in [2.24, 2.45) is 7.05 Å². The van der Waals surface area contributed by atoms with E-state index in [9.17, 15) is 0 Å². The van der Waals surface area contributed by atoms with E-state index in [4.69, 9.17) is 5.73 Å². The Labute approximate surface area is 86.4 Å². The summed E-state index contributed by atoms with van der Waals surface area (Å²) in [4.78, 5) is 7.96. The van der Waals surface area contributed by atoms with Crippen LogP contribution < -0.4 is 11.1 Å². The van der Waals surface area contributed by atoms with Gasteiger partial charge in [0.1, 0.15) is 18.0 Å². The van der Waals surface area contributed by atoms with Gasteiger partial charge in [-0.05, 0) is 0 Å². The van der Waals surface area contributed by atoms with E-state index in [2.05, 4.69) is 25.5 Å². The Morgan fingerprint density at radius 3 is 3.00 bits per heavy atom. The molecule has 0 aliphatic rings. The SMILES string of the molecule is Cn1cnnc1CNc1cncc(N)n1. The van der Waals surface area contributed by atoms with Gasteiger partial charge in [-0.1, -0.05) is 0 Å². The lowest BCUT2D eigenvalue weighted by Crippen LogP contribution is -2.07. The number of nitrogen functional groups attached to an aromatic ring is 1. The van der Waals surface area contributed by atoms with E-state index in [-0.39, 0.29) is 0 Å². The van der Waals surface area contributed by atoms with Crippen LogP contribution >= 0.6 is 0 Å². The number of hydrogen-bond acceptors (Lipinski definition) is 6. The summed E-state index contributed by atoms with van der Waals surface area (Å²) in [7, 11) is 1.88. The highest BCUT2D eigenvalue weighted by Crippen LogP contribution is 2.04. The van der Waals surface area contributed by atoms with Gasteiger partial charge in [0.05, 0.1) is 18.9 Å². The average molecular weight is 205 g/mol. The predicted molar refractivity (Wildman–Crippen MR) is 54.8 cm³/mol. The number of aromatic nitrogens is 5. The highest BCUT2D eigenvalue weighted by atomic mass is 15.3. The smallest absolute Gasteiger partial charge is 0.151 e. The van der Waals surface area contributed by atoms with Gasteiger partial charge in [0.25, 0.3) is 0 Å². The number of rotatable bonds is 3. The molecule has 0 spiro atoms. The van der Waals surface area contributed by atoms with Gasteiger partial charge < -0.3 is 15.6 Å². The second-order valence-electron chi connectivity index (χ2n) is 3.04. The predicted octanol–water partition coefficient (Wildman–Crippen LogP) is -0.201. The molecule has 3 N–H and O–H groups in total. The van der Waals surface area contributed by atoms with Crippen LogP contribution in [0.2, 0.25) is 0 Å². The summed E-state index contributed by atoms with van der Waals surface area (Å²) in [6, 6.07) is 0. The minimum absolute atomic E-state index is 0.387. The molecule has 0 aliphatic heterocycles. The standard InChI is InChI=1S/C8H11N7/c1-15-5-12-14-8(15)4-11-7-3-10-2-6(9)13-7/h2-3,5H,4H2,1H3,(H3,9,11,13). The Hall–Kier alpha value is -2.18. The van der Waals surface area contributed by atoms with Gasteiger partial charge in [0.2, 0.25) is 0 Å². The Kier molecular flexibility index (Phi) is 2.44. The zero-order valence-corrected chi connectivity index (χ0v) is 8.25. The van der Waals surface area contributed by atoms with Crippen molar-refractivity contribution in [2.45, 2.75) is 6.54 Å². The quantitative estimate of drug-likeness (QED) is 0.720. The third kappa shape index (κ3) is 2.19. The number of anilines is 2. The van der Waals surface area contributed by atoms with Crippen LogP contribution in [-0.2, 0) is 13.6 Å². The van der Waals surface area contributed by atoms with Crippen molar-refractivity contribution in [3.05, 3.63) is 24.5 Å². The summed E-state index contributed by atoms with van der Waals surface area (Å²) >= 11 is 0. The van der Waals surface area contributed by atoms with Gasteiger partial charge in [-0.25, -0.2) is 4.98 Å². The van der Waals surface area contributed by atoms with E-state index in [1.54, 1.807) is 12.5 Å². The van der Waals surface area contributed by atoms with E-state index >= 15 is 0 Å². The molecule has 2 aromatic rings. The lowest BCUT2D eigenvalue weighted by atomic mass is 10.5. The highest BCUT2D eigenvalue weighted by Gasteiger charge is 2.01. The molecule has 2 rings (SSSR count). The third-order valence-electron chi connectivity index (χ3n) is 1.89. The fourth-order valence-electron chi connectivity index (χ4n) is 1.10. The molecule has 2 aromatic heterocycles. The highest BCUT2D eigenvalue weighted by molar-refractivity contribution is 5.38. The zero-order valence-electron chi connectivity index (χ0n) is 8.25. The number of hydrogen-bond donors (Lipinski definition) is 2. The molecule has 0 saturated heterocycles. The Balaban J connectivity index is 2.02. The van der Waals surface area contributed by atoms with Crippen molar-refractivity contribution < 1.29 is 0 Å². The zero-order chi connectivity index (χ0) is 10.7. The first kappa shape index (κ1) is 9.38. The lowest BCUT2D eigenvalue weighted by molar-refractivity contribution is 0.810. The molecule has 2 heterocycles. The Bertz CT molecular complexity index is 450. The maximum Gasteiger partial charge on any atom is 0.151 e. The van der Waals surface area contributed by atoms with Crippen LogP contribution in [0.3, 0.4) is 0 Å². The van der Waals surface area contributed by atoms with Crippen molar-refractivity contribution in [1.29, 1.82) is 0 Å². The monoisotopic (exact) mass is 205 g/mol. The maximum absolute atomic E-state index is 5.49. The third-order valence-corrected chi connectivity index (χ3v) is 1.89. The summed E-state index contributed by atoms with van der Waals surface area (Å²) in [5.41, 5.74) is 5.49. The first-order valence-electron chi connectivity index (χ1n) is 4.40. The average Bonchev–Trinajstić information content (AvgIpc) is 2.61. The first-order chi connectivity index (χ1) is 7.25. The van der Waals surface area contributed by atoms with E-state index in [1.807, 2.05) is 11.6 Å². The molecule has 0 amide bonds. The lowest BCUT2D eigenvalue weighted by Gasteiger charge is -2.04. The second kappa shape index (κ2) is 3.91. The number of nitrogens with two attached hydrogens (primary N) is 1. The van der Waals surface area contributed by atoms with Crippen molar-refractivity contribution in [3.63, 3.8) is 0 Å². The molecular formula is C8H11N7. The molecule has 0 bridgehead atoms. The van der Waals surface area contributed by atoms with Crippen molar-refractivity contribution in [3.8, 4) is 0 Å². The molecule has 0 atom stereocenters. The molecule has 78 valence electrons. The largest absolute Gasteiger partial charge is 0.382 e.